The van der Waals surface area contributed by atoms with Gasteiger partial charge in [-0.3, -0.25) is 9.69 Å². The second-order valence-corrected chi connectivity index (χ2v) is 11.8. The third kappa shape index (κ3) is 6.71. The number of nitrogens with one attached hydrogen (secondary N) is 1. The van der Waals surface area contributed by atoms with Gasteiger partial charge >= 0.3 is 6.09 Å². The van der Waals surface area contributed by atoms with Crippen LogP contribution in [0.5, 0.6) is 5.75 Å². The maximum Gasteiger partial charge on any atom is 0.412 e. The zero-order valence-electron chi connectivity index (χ0n) is 23.0. The van der Waals surface area contributed by atoms with Gasteiger partial charge in [0.15, 0.2) is 0 Å². The number of hydrogen-bond donors (Lipinski definition) is 2. The number of aromatic hydroxyl groups is 1. The fourth-order valence-electron chi connectivity index (χ4n) is 5.07. The fraction of sp³-hybridized carbons (Fsp3) is 0.714. The summed E-state index contributed by atoms with van der Waals surface area (Å²) < 4.78 is 18.6. The van der Waals surface area contributed by atoms with Crippen LogP contribution in [-0.2, 0) is 25.4 Å². The van der Waals surface area contributed by atoms with Crippen LogP contribution in [0.15, 0.2) is 24.3 Å². The average molecular weight is 505 g/mol. The molecule has 2 saturated heterocycles. The van der Waals surface area contributed by atoms with Crippen molar-refractivity contribution in [1.29, 1.82) is 0 Å². The average Bonchev–Trinajstić information content (AvgIpc) is 3.28. The van der Waals surface area contributed by atoms with E-state index in [9.17, 15) is 14.7 Å². The Labute approximate surface area is 215 Å². The summed E-state index contributed by atoms with van der Waals surface area (Å²) in [6.07, 6.45) is 0.421. The molecule has 8 heteroatoms. The first kappa shape index (κ1) is 28.3. The van der Waals surface area contributed by atoms with Gasteiger partial charge in [-0.2, -0.15) is 0 Å². The van der Waals surface area contributed by atoms with E-state index < -0.39 is 35.7 Å². The maximum atomic E-state index is 13.4. The largest absolute Gasteiger partial charge is 0.508 e. The van der Waals surface area contributed by atoms with Crippen LogP contribution in [-0.4, -0.2) is 64.2 Å². The monoisotopic (exact) mass is 504 g/mol. The summed E-state index contributed by atoms with van der Waals surface area (Å²) in [4.78, 5) is 28.4. The van der Waals surface area contributed by atoms with Crippen LogP contribution in [0.3, 0.4) is 0 Å². The topological polar surface area (TPSA) is 97.3 Å². The van der Waals surface area contributed by atoms with Crippen molar-refractivity contribution in [2.24, 2.45) is 11.8 Å². The molecule has 0 bridgehead atoms. The molecule has 6 atom stereocenters. The summed E-state index contributed by atoms with van der Waals surface area (Å²) >= 11 is 0. The van der Waals surface area contributed by atoms with Gasteiger partial charge in [0.1, 0.15) is 23.2 Å². The van der Waals surface area contributed by atoms with Crippen molar-refractivity contribution < 1.29 is 28.9 Å². The molecule has 1 aromatic carbocycles. The standard InChI is InChI=1S/C28H44N2O6/c1-9-17(2)16-29-25(32)21-14-18(3)34-23(21)24-22(15-19-10-12-20(31)13-11-19)30(28(7,8)35-24)26(33)36-27(4,5)6/h10-13,17-18,21-24,31H,9,14-16H2,1-8H3,(H,29,32)/t17?,18?,21?,22-,23?,24?/m1/s1. The van der Waals surface area contributed by atoms with Crippen molar-refractivity contribution >= 4 is 12.0 Å². The van der Waals surface area contributed by atoms with Crippen molar-refractivity contribution in [3.05, 3.63) is 29.8 Å². The molecule has 0 spiro atoms. The Morgan fingerprint density at radius 1 is 1.22 bits per heavy atom. The minimum Gasteiger partial charge on any atom is -0.508 e. The molecule has 2 fully saturated rings. The van der Waals surface area contributed by atoms with E-state index in [1.54, 1.807) is 17.0 Å². The zero-order chi connectivity index (χ0) is 26.8. The first-order chi connectivity index (χ1) is 16.7. The molecule has 2 heterocycles. The Morgan fingerprint density at radius 2 is 1.86 bits per heavy atom. The lowest BCUT2D eigenvalue weighted by Gasteiger charge is -2.35. The quantitative estimate of drug-likeness (QED) is 0.562. The van der Waals surface area contributed by atoms with Crippen LogP contribution in [0.25, 0.3) is 0 Å². The van der Waals surface area contributed by atoms with E-state index >= 15 is 0 Å². The molecule has 2 aliphatic heterocycles. The molecule has 5 unspecified atom stereocenters. The number of carbonyl (C=O) groups is 2. The molecule has 0 radical (unpaired) electrons. The highest BCUT2D eigenvalue weighted by Crippen LogP contribution is 2.42. The Kier molecular flexibility index (Phi) is 8.61. The number of rotatable bonds is 7. The van der Waals surface area contributed by atoms with Crippen LogP contribution in [0, 0.1) is 11.8 Å². The van der Waals surface area contributed by atoms with Crippen LogP contribution >= 0.6 is 0 Å². The second-order valence-electron chi connectivity index (χ2n) is 11.8. The van der Waals surface area contributed by atoms with Crippen molar-refractivity contribution in [2.45, 2.75) is 110 Å². The number of carbonyl (C=O) groups excluding carboxylic acids is 2. The number of phenolic OH excluding ortho intramolecular Hbond substituents is 1. The summed E-state index contributed by atoms with van der Waals surface area (Å²) in [5, 5.41) is 12.8. The summed E-state index contributed by atoms with van der Waals surface area (Å²) in [6.45, 7) is 16.0. The minimum atomic E-state index is -0.971. The van der Waals surface area contributed by atoms with E-state index in [0.717, 1.165) is 12.0 Å². The molecular weight excluding hydrogens is 460 g/mol. The lowest BCUT2D eigenvalue weighted by molar-refractivity contribution is -0.138. The van der Waals surface area contributed by atoms with Gasteiger partial charge < -0.3 is 24.6 Å². The highest BCUT2D eigenvalue weighted by atomic mass is 16.6. The first-order valence-corrected chi connectivity index (χ1v) is 13.1. The van der Waals surface area contributed by atoms with Crippen LogP contribution in [0.4, 0.5) is 4.79 Å². The number of benzene rings is 1. The maximum absolute atomic E-state index is 13.4. The lowest BCUT2D eigenvalue weighted by atomic mass is 9.89. The molecule has 202 valence electrons. The van der Waals surface area contributed by atoms with E-state index in [-0.39, 0.29) is 23.7 Å². The summed E-state index contributed by atoms with van der Waals surface area (Å²) in [5.74, 6) is 0.142. The molecule has 36 heavy (non-hydrogen) atoms. The highest BCUT2D eigenvalue weighted by Gasteiger charge is 2.57. The molecular formula is C28H44N2O6. The fourth-order valence-corrected chi connectivity index (χ4v) is 5.07. The summed E-state index contributed by atoms with van der Waals surface area (Å²) in [5.41, 5.74) is -0.714. The molecule has 3 rings (SSSR count). The molecule has 2 N–H and O–H groups in total. The molecule has 2 amide bonds. The molecule has 1 aromatic rings. The molecule has 8 nitrogen and oxygen atoms in total. The second kappa shape index (κ2) is 11.0. The van der Waals surface area contributed by atoms with E-state index in [4.69, 9.17) is 14.2 Å². The molecule has 2 aliphatic rings. The van der Waals surface area contributed by atoms with Gasteiger partial charge in [-0.05, 0) is 78.0 Å². The van der Waals surface area contributed by atoms with Gasteiger partial charge in [-0.1, -0.05) is 32.4 Å². The SMILES string of the molecule is CCC(C)CNC(=O)C1CC(C)OC1C1OC(C)(C)N(C(=O)OC(C)(C)C)[C@@H]1Cc1ccc(O)cc1. The predicted molar refractivity (Wildman–Crippen MR) is 138 cm³/mol. The first-order valence-electron chi connectivity index (χ1n) is 13.1. The third-order valence-electron chi connectivity index (χ3n) is 7.04. The smallest absolute Gasteiger partial charge is 0.412 e. The summed E-state index contributed by atoms with van der Waals surface area (Å²) in [7, 11) is 0. The van der Waals surface area contributed by atoms with Gasteiger partial charge in [0.25, 0.3) is 0 Å². The number of hydrogen-bond acceptors (Lipinski definition) is 6. The van der Waals surface area contributed by atoms with Crippen LogP contribution < -0.4 is 5.32 Å². The van der Waals surface area contributed by atoms with Gasteiger partial charge in [-0.15, -0.1) is 0 Å². The van der Waals surface area contributed by atoms with Gasteiger partial charge in [0.2, 0.25) is 5.91 Å². The normalized spacial score (nSPS) is 28.7. The van der Waals surface area contributed by atoms with Crippen molar-refractivity contribution in [3.8, 4) is 5.75 Å². The number of phenols is 1. The Balaban J connectivity index is 1.94. The van der Waals surface area contributed by atoms with Gasteiger partial charge in [-0.25, -0.2) is 4.79 Å². The molecule has 0 aromatic heterocycles. The zero-order valence-corrected chi connectivity index (χ0v) is 23.0. The third-order valence-corrected chi connectivity index (χ3v) is 7.04. The number of ether oxygens (including phenoxy) is 3. The lowest BCUT2D eigenvalue weighted by Crippen LogP contribution is -2.52. The van der Waals surface area contributed by atoms with Crippen LogP contribution in [0.2, 0.25) is 0 Å². The Morgan fingerprint density at radius 3 is 2.44 bits per heavy atom. The predicted octanol–water partition coefficient (Wildman–Crippen LogP) is 4.63. The van der Waals surface area contributed by atoms with E-state index in [1.165, 1.54) is 0 Å². The van der Waals surface area contributed by atoms with Crippen molar-refractivity contribution in [3.63, 3.8) is 0 Å². The van der Waals surface area contributed by atoms with Gasteiger partial charge in [0, 0.05) is 6.54 Å². The highest BCUT2D eigenvalue weighted by molar-refractivity contribution is 5.80. The number of amides is 2. The van der Waals surface area contributed by atoms with E-state index in [1.807, 2.05) is 53.7 Å². The van der Waals surface area contributed by atoms with Crippen LogP contribution in [0.1, 0.15) is 73.8 Å². The minimum absolute atomic E-state index is 0.0369. The molecule has 0 aliphatic carbocycles. The Hall–Kier alpha value is -2.32. The number of nitrogens with zero attached hydrogens (tertiary/aromatic N) is 1. The van der Waals surface area contributed by atoms with Gasteiger partial charge in [0.05, 0.1) is 24.2 Å². The van der Waals surface area contributed by atoms with E-state index in [0.29, 0.717) is 25.3 Å². The van der Waals surface area contributed by atoms with E-state index in [2.05, 4.69) is 19.2 Å². The van der Waals surface area contributed by atoms with Crippen molar-refractivity contribution in [2.75, 3.05) is 6.54 Å². The molecule has 0 saturated carbocycles. The summed E-state index contributed by atoms with van der Waals surface area (Å²) in [6, 6.07) is 6.49. The van der Waals surface area contributed by atoms with Crippen molar-refractivity contribution in [1.82, 2.24) is 10.2 Å². The Bertz CT molecular complexity index is 910.